The fourth-order valence-electron chi connectivity index (χ4n) is 4.55. The molecule has 0 saturated carbocycles. The third-order valence-corrected chi connectivity index (χ3v) is 6.49. The van der Waals surface area contributed by atoms with Gasteiger partial charge in [-0.25, -0.2) is 0 Å². The topological polar surface area (TPSA) is 76.1 Å². The highest BCUT2D eigenvalue weighted by Gasteiger charge is 2.47. The Balaban J connectivity index is 1.93. The number of hydrogen-bond donors (Lipinski definition) is 1. The second kappa shape index (κ2) is 11.1. The molecule has 1 heterocycles. The number of ketones is 1. The van der Waals surface area contributed by atoms with Crippen molar-refractivity contribution >= 4 is 34.7 Å². The Bertz CT molecular complexity index is 1350. The Hall–Kier alpha value is -3.77. The number of carbonyl (C=O) groups is 2. The van der Waals surface area contributed by atoms with Crippen LogP contribution in [0.3, 0.4) is 0 Å². The van der Waals surface area contributed by atoms with E-state index in [1.54, 1.807) is 48.5 Å². The van der Waals surface area contributed by atoms with E-state index in [0.29, 0.717) is 40.8 Å². The maximum Gasteiger partial charge on any atom is 0.300 e. The van der Waals surface area contributed by atoms with Crippen molar-refractivity contribution in [2.45, 2.75) is 39.7 Å². The molecular formula is C30H30ClNO5. The fraction of sp³-hybridized carbons (Fsp3) is 0.267. The van der Waals surface area contributed by atoms with Gasteiger partial charge in [0.05, 0.1) is 24.8 Å². The summed E-state index contributed by atoms with van der Waals surface area (Å²) in [6, 6.07) is 18.3. The molecule has 192 valence electrons. The number of halogens is 1. The average molecular weight is 520 g/mol. The van der Waals surface area contributed by atoms with Crippen LogP contribution in [0.4, 0.5) is 5.69 Å². The van der Waals surface area contributed by atoms with E-state index in [1.807, 2.05) is 45.9 Å². The summed E-state index contributed by atoms with van der Waals surface area (Å²) in [7, 11) is 0. The van der Waals surface area contributed by atoms with Crippen molar-refractivity contribution in [2.24, 2.45) is 0 Å². The Morgan fingerprint density at radius 3 is 2.32 bits per heavy atom. The summed E-state index contributed by atoms with van der Waals surface area (Å²) in [5, 5.41) is 12.0. The highest BCUT2D eigenvalue weighted by atomic mass is 35.5. The normalized spacial score (nSPS) is 16.9. The number of amides is 1. The van der Waals surface area contributed by atoms with Gasteiger partial charge in [-0.2, -0.15) is 0 Å². The van der Waals surface area contributed by atoms with Gasteiger partial charge in [-0.3, -0.25) is 14.5 Å². The van der Waals surface area contributed by atoms with Crippen molar-refractivity contribution in [2.75, 3.05) is 18.1 Å². The van der Waals surface area contributed by atoms with E-state index in [4.69, 9.17) is 21.1 Å². The number of Topliss-reactive ketones (excluding diaryl/α,β-unsaturated/α-hetero) is 1. The molecule has 37 heavy (non-hydrogen) atoms. The van der Waals surface area contributed by atoms with Gasteiger partial charge in [-0.1, -0.05) is 37.6 Å². The van der Waals surface area contributed by atoms with Gasteiger partial charge in [0.2, 0.25) is 0 Å². The molecule has 0 aromatic heterocycles. The molecule has 7 heteroatoms. The Labute approximate surface area is 222 Å². The first-order chi connectivity index (χ1) is 17.8. The van der Waals surface area contributed by atoms with Crippen LogP contribution in [0.1, 0.15) is 56.3 Å². The summed E-state index contributed by atoms with van der Waals surface area (Å²) < 4.78 is 11.4. The van der Waals surface area contributed by atoms with Gasteiger partial charge in [0.15, 0.2) is 0 Å². The maximum absolute atomic E-state index is 13.5. The van der Waals surface area contributed by atoms with Crippen LogP contribution in [0.5, 0.6) is 11.5 Å². The highest BCUT2D eigenvalue weighted by molar-refractivity contribution is 6.51. The second-order valence-electron chi connectivity index (χ2n) is 8.99. The molecule has 1 saturated heterocycles. The molecule has 4 rings (SSSR count). The minimum Gasteiger partial charge on any atom is -0.507 e. The van der Waals surface area contributed by atoms with Gasteiger partial charge >= 0.3 is 0 Å². The van der Waals surface area contributed by atoms with Gasteiger partial charge in [-0.15, -0.1) is 0 Å². The number of ether oxygens (including phenoxy) is 2. The molecular weight excluding hydrogens is 490 g/mol. The number of benzene rings is 3. The van der Waals surface area contributed by atoms with Crippen LogP contribution >= 0.6 is 11.6 Å². The molecule has 1 fully saturated rings. The van der Waals surface area contributed by atoms with E-state index in [-0.39, 0.29) is 17.3 Å². The summed E-state index contributed by atoms with van der Waals surface area (Å²) in [4.78, 5) is 28.3. The Morgan fingerprint density at radius 1 is 0.973 bits per heavy atom. The molecule has 0 radical (unpaired) electrons. The third kappa shape index (κ3) is 5.20. The molecule has 1 amide bonds. The first-order valence-electron chi connectivity index (χ1n) is 12.3. The summed E-state index contributed by atoms with van der Waals surface area (Å²) in [5.41, 5.74) is 2.47. The number of aliphatic hydroxyl groups excluding tert-OH is 1. The zero-order valence-corrected chi connectivity index (χ0v) is 22.1. The molecule has 3 aromatic carbocycles. The number of nitrogens with zero attached hydrogens (tertiary/aromatic N) is 1. The summed E-state index contributed by atoms with van der Waals surface area (Å²) in [6.07, 6.45) is 0. The largest absolute Gasteiger partial charge is 0.507 e. The molecule has 0 aliphatic carbocycles. The van der Waals surface area contributed by atoms with Crippen LogP contribution in [-0.4, -0.2) is 30.0 Å². The SMILES string of the molecule is CCOc1cccc(C2/C(=C(\O)c3ccc(OCC)c(C(C)C)c3)C(=O)C(=O)N2c2ccc(Cl)cc2)c1. The van der Waals surface area contributed by atoms with Crippen LogP contribution in [0.15, 0.2) is 72.3 Å². The van der Waals surface area contributed by atoms with E-state index in [1.165, 1.54) is 4.90 Å². The minimum atomic E-state index is -0.865. The van der Waals surface area contributed by atoms with E-state index >= 15 is 0 Å². The Kier molecular flexibility index (Phi) is 7.89. The fourth-order valence-corrected chi connectivity index (χ4v) is 4.67. The van der Waals surface area contributed by atoms with Gasteiger partial charge in [0, 0.05) is 16.3 Å². The van der Waals surface area contributed by atoms with Gasteiger partial charge in [-0.05, 0) is 85.5 Å². The maximum atomic E-state index is 13.5. The van der Waals surface area contributed by atoms with E-state index in [0.717, 1.165) is 11.3 Å². The van der Waals surface area contributed by atoms with Crippen LogP contribution in [0, 0.1) is 0 Å². The summed E-state index contributed by atoms with van der Waals surface area (Å²) in [5.74, 6) is -0.303. The number of rotatable bonds is 8. The van der Waals surface area contributed by atoms with Crippen LogP contribution in [0.2, 0.25) is 5.02 Å². The van der Waals surface area contributed by atoms with Gasteiger partial charge < -0.3 is 14.6 Å². The molecule has 1 aliphatic rings. The van der Waals surface area contributed by atoms with Crippen molar-refractivity contribution in [3.8, 4) is 11.5 Å². The van der Waals surface area contributed by atoms with E-state index in [2.05, 4.69) is 0 Å². The van der Waals surface area contributed by atoms with Crippen molar-refractivity contribution in [3.05, 3.63) is 94.0 Å². The monoisotopic (exact) mass is 519 g/mol. The molecule has 6 nitrogen and oxygen atoms in total. The first-order valence-corrected chi connectivity index (χ1v) is 12.7. The van der Waals surface area contributed by atoms with Crippen molar-refractivity contribution in [1.29, 1.82) is 0 Å². The first kappa shape index (κ1) is 26.3. The zero-order chi connectivity index (χ0) is 26.7. The van der Waals surface area contributed by atoms with Crippen LogP contribution in [-0.2, 0) is 9.59 Å². The molecule has 0 spiro atoms. The second-order valence-corrected chi connectivity index (χ2v) is 9.43. The number of anilines is 1. The molecule has 0 bridgehead atoms. The quantitative estimate of drug-likeness (QED) is 0.199. The molecule has 3 aromatic rings. The van der Waals surface area contributed by atoms with Crippen LogP contribution < -0.4 is 14.4 Å². The smallest absolute Gasteiger partial charge is 0.300 e. The molecule has 1 atom stereocenters. The van der Waals surface area contributed by atoms with Gasteiger partial charge in [0.1, 0.15) is 17.3 Å². The lowest BCUT2D eigenvalue weighted by molar-refractivity contribution is -0.132. The predicted molar refractivity (Wildman–Crippen MR) is 146 cm³/mol. The molecule has 1 unspecified atom stereocenters. The number of hydrogen-bond acceptors (Lipinski definition) is 5. The lowest BCUT2D eigenvalue weighted by atomic mass is 9.93. The summed E-state index contributed by atoms with van der Waals surface area (Å²) in [6.45, 7) is 8.82. The molecule has 1 N–H and O–H groups in total. The Morgan fingerprint density at radius 2 is 1.68 bits per heavy atom. The van der Waals surface area contributed by atoms with Crippen LogP contribution in [0.25, 0.3) is 5.76 Å². The lowest BCUT2D eigenvalue weighted by Gasteiger charge is -2.26. The molecule has 1 aliphatic heterocycles. The van der Waals surface area contributed by atoms with Crippen molar-refractivity contribution in [1.82, 2.24) is 0 Å². The standard InChI is InChI=1S/C30H30ClNO5/c1-5-36-23-9-7-8-19(16-23)27-26(29(34)30(35)32(27)22-13-11-21(31)12-14-22)28(33)20-10-15-25(37-6-2)24(17-20)18(3)4/h7-18,27,33H,5-6H2,1-4H3/b28-26+. The average Bonchev–Trinajstić information content (AvgIpc) is 3.15. The minimum absolute atomic E-state index is 0.00691. The lowest BCUT2D eigenvalue weighted by Crippen LogP contribution is -2.29. The zero-order valence-electron chi connectivity index (χ0n) is 21.3. The van der Waals surface area contributed by atoms with Gasteiger partial charge in [0.25, 0.3) is 11.7 Å². The summed E-state index contributed by atoms with van der Waals surface area (Å²) >= 11 is 6.08. The van der Waals surface area contributed by atoms with E-state index in [9.17, 15) is 14.7 Å². The predicted octanol–water partition coefficient (Wildman–Crippen LogP) is 6.89. The van der Waals surface area contributed by atoms with Crippen molar-refractivity contribution < 1.29 is 24.2 Å². The highest BCUT2D eigenvalue weighted by Crippen LogP contribution is 2.43. The number of aliphatic hydroxyl groups is 1. The third-order valence-electron chi connectivity index (χ3n) is 6.24. The van der Waals surface area contributed by atoms with E-state index < -0.39 is 17.7 Å². The van der Waals surface area contributed by atoms with Crippen molar-refractivity contribution in [3.63, 3.8) is 0 Å². The number of carbonyl (C=O) groups excluding carboxylic acids is 2.